The van der Waals surface area contributed by atoms with E-state index in [0.717, 1.165) is 44.9 Å². The van der Waals surface area contributed by atoms with Gasteiger partial charge < -0.3 is 15.5 Å². The number of hydrogen-bond acceptors (Lipinski definition) is 3. The zero-order valence-corrected chi connectivity index (χ0v) is 36.7. The summed E-state index contributed by atoms with van der Waals surface area (Å²) < 4.78 is 0. The molecule has 0 aromatic carbocycles. The quantitative estimate of drug-likeness (QED) is 0.0427. The fraction of sp³-hybridized carbons (Fsp3) is 0.784. The second kappa shape index (κ2) is 46.5. The van der Waals surface area contributed by atoms with Gasteiger partial charge in [0.1, 0.15) is 0 Å². The van der Waals surface area contributed by atoms with E-state index < -0.39 is 12.1 Å². The number of unbranched alkanes of at least 4 members (excludes halogenated alkanes) is 28. The van der Waals surface area contributed by atoms with E-state index in [0.29, 0.717) is 6.42 Å². The minimum atomic E-state index is -0.874. The lowest BCUT2D eigenvalue weighted by Gasteiger charge is -2.19. The highest BCUT2D eigenvalue weighted by atomic mass is 16.3. The molecule has 0 aromatic rings. The standard InChI is InChI=1S/C51H93NO3/c1-3-5-7-9-11-13-15-17-19-21-23-24-25-26-27-28-29-31-33-35-37-39-41-43-45-47-51(55)52-49(48-53)50(54)46-44-42-40-38-36-34-32-30-22-20-18-16-14-12-10-8-6-4-2/h22-24,26-27,30,36,38,44,46,49-50,53-54H,3-21,25,28-29,31-35,37,39-43,45,47-48H2,1-2H3,(H,52,55)/b24-23-,27-26-,30-22+,38-36+,46-44+. The number of aliphatic hydroxyl groups excluding tert-OH is 2. The first kappa shape index (κ1) is 53.1. The second-order valence-corrected chi connectivity index (χ2v) is 16.2. The Morgan fingerprint density at radius 1 is 0.436 bits per heavy atom. The van der Waals surface area contributed by atoms with Gasteiger partial charge in [-0.1, -0.05) is 216 Å². The number of rotatable bonds is 43. The van der Waals surface area contributed by atoms with Crippen LogP contribution in [0.25, 0.3) is 0 Å². The summed E-state index contributed by atoms with van der Waals surface area (Å²) in [7, 11) is 0. The Labute approximate surface area is 343 Å². The minimum absolute atomic E-state index is 0.0829. The molecule has 55 heavy (non-hydrogen) atoms. The molecule has 0 fully saturated rings. The molecule has 2 unspecified atom stereocenters. The third-order valence-electron chi connectivity index (χ3n) is 10.7. The van der Waals surface area contributed by atoms with Crippen LogP contribution in [-0.2, 0) is 4.79 Å². The van der Waals surface area contributed by atoms with Gasteiger partial charge in [-0.25, -0.2) is 0 Å². The zero-order valence-electron chi connectivity index (χ0n) is 36.7. The fourth-order valence-electron chi connectivity index (χ4n) is 7.00. The van der Waals surface area contributed by atoms with Gasteiger partial charge in [0.25, 0.3) is 0 Å². The van der Waals surface area contributed by atoms with Gasteiger partial charge >= 0.3 is 0 Å². The minimum Gasteiger partial charge on any atom is -0.394 e. The van der Waals surface area contributed by atoms with Gasteiger partial charge in [-0.15, -0.1) is 0 Å². The first-order valence-electron chi connectivity index (χ1n) is 24.0. The summed E-state index contributed by atoms with van der Waals surface area (Å²) in [5.41, 5.74) is 0. The van der Waals surface area contributed by atoms with Crippen molar-refractivity contribution in [2.75, 3.05) is 6.61 Å². The van der Waals surface area contributed by atoms with Crippen LogP contribution in [0.1, 0.15) is 239 Å². The Balaban J connectivity index is 3.62. The molecule has 0 rings (SSSR count). The van der Waals surface area contributed by atoms with Crippen LogP contribution in [0.3, 0.4) is 0 Å². The Kier molecular flexibility index (Phi) is 44.9. The number of hydrogen-bond donors (Lipinski definition) is 3. The molecule has 0 aromatic heterocycles. The number of nitrogens with one attached hydrogen (secondary N) is 1. The summed E-state index contributed by atoms with van der Waals surface area (Å²) in [6, 6.07) is -0.650. The van der Waals surface area contributed by atoms with Crippen LogP contribution in [0, 0.1) is 0 Å². The van der Waals surface area contributed by atoms with Gasteiger partial charge in [-0.3, -0.25) is 4.79 Å². The maximum atomic E-state index is 12.4. The summed E-state index contributed by atoms with van der Waals surface area (Å²) in [4.78, 5) is 12.4. The highest BCUT2D eigenvalue weighted by Crippen LogP contribution is 2.14. The number of allylic oxidation sites excluding steroid dienone is 9. The van der Waals surface area contributed by atoms with Gasteiger partial charge in [-0.2, -0.15) is 0 Å². The first-order valence-corrected chi connectivity index (χ1v) is 24.0. The third kappa shape index (κ3) is 43.1. The van der Waals surface area contributed by atoms with Crippen LogP contribution in [-0.4, -0.2) is 34.9 Å². The molecule has 0 aliphatic rings. The fourth-order valence-corrected chi connectivity index (χ4v) is 7.00. The van der Waals surface area contributed by atoms with E-state index in [2.05, 4.69) is 67.8 Å². The molecule has 0 radical (unpaired) electrons. The highest BCUT2D eigenvalue weighted by molar-refractivity contribution is 5.76. The van der Waals surface area contributed by atoms with Gasteiger partial charge in [0, 0.05) is 6.42 Å². The van der Waals surface area contributed by atoms with Crippen molar-refractivity contribution in [3.8, 4) is 0 Å². The molecular weight excluding hydrogens is 675 g/mol. The molecule has 1 amide bonds. The van der Waals surface area contributed by atoms with Gasteiger partial charge in [0.2, 0.25) is 5.91 Å². The summed E-state index contributed by atoms with van der Waals surface area (Å²) in [6.45, 7) is 4.29. The van der Waals surface area contributed by atoms with Crippen molar-refractivity contribution in [3.05, 3.63) is 60.8 Å². The number of carbonyl (C=O) groups excluding carboxylic acids is 1. The molecule has 0 aliphatic heterocycles. The predicted octanol–water partition coefficient (Wildman–Crippen LogP) is 15.3. The van der Waals surface area contributed by atoms with Crippen LogP contribution in [0.4, 0.5) is 0 Å². The Bertz CT molecular complexity index is 919. The summed E-state index contributed by atoms with van der Waals surface area (Å²) in [5, 5.41) is 23.0. The van der Waals surface area contributed by atoms with Crippen LogP contribution in [0.5, 0.6) is 0 Å². The molecule has 0 aliphatic carbocycles. The Hall–Kier alpha value is -1.91. The number of carbonyl (C=O) groups is 1. The molecule has 0 saturated heterocycles. The largest absolute Gasteiger partial charge is 0.394 e. The Morgan fingerprint density at radius 3 is 1.16 bits per heavy atom. The van der Waals surface area contributed by atoms with Crippen LogP contribution in [0.2, 0.25) is 0 Å². The average Bonchev–Trinajstić information content (AvgIpc) is 3.19. The predicted molar refractivity (Wildman–Crippen MR) is 244 cm³/mol. The highest BCUT2D eigenvalue weighted by Gasteiger charge is 2.17. The van der Waals surface area contributed by atoms with Crippen molar-refractivity contribution in [2.24, 2.45) is 0 Å². The van der Waals surface area contributed by atoms with Crippen molar-refractivity contribution in [1.29, 1.82) is 0 Å². The van der Waals surface area contributed by atoms with E-state index in [9.17, 15) is 15.0 Å². The summed E-state index contributed by atoms with van der Waals surface area (Å²) in [6.07, 6.45) is 64.8. The molecule has 3 N–H and O–H groups in total. The van der Waals surface area contributed by atoms with Gasteiger partial charge in [-0.05, 0) is 77.0 Å². The molecular formula is C51H93NO3. The molecule has 0 heterocycles. The Morgan fingerprint density at radius 2 is 0.764 bits per heavy atom. The molecule has 0 saturated carbocycles. The lowest BCUT2D eigenvalue weighted by molar-refractivity contribution is -0.123. The average molecular weight is 768 g/mol. The van der Waals surface area contributed by atoms with E-state index in [1.54, 1.807) is 6.08 Å². The molecule has 4 heteroatoms. The summed E-state index contributed by atoms with van der Waals surface area (Å²) in [5.74, 6) is -0.0829. The summed E-state index contributed by atoms with van der Waals surface area (Å²) >= 11 is 0. The molecule has 0 bridgehead atoms. The SMILES string of the molecule is CCCCCCCCCC/C=C/CC/C=C/CC/C=C/C(O)C(CO)NC(=O)CCCCCCCCCCC/C=C\C/C=C\CCCCCCCCCCC. The van der Waals surface area contributed by atoms with Crippen LogP contribution >= 0.6 is 0 Å². The molecule has 320 valence electrons. The first-order chi connectivity index (χ1) is 27.2. The normalized spacial score (nSPS) is 13.5. The van der Waals surface area contributed by atoms with Crippen molar-refractivity contribution in [3.63, 3.8) is 0 Å². The van der Waals surface area contributed by atoms with E-state index >= 15 is 0 Å². The maximum absolute atomic E-state index is 12.4. The van der Waals surface area contributed by atoms with Crippen LogP contribution < -0.4 is 5.32 Å². The zero-order chi connectivity index (χ0) is 40.0. The van der Waals surface area contributed by atoms with Crippen molar-refractivity contribution < 1.29 is 15.0 Å². The third-order valence-corrected chi connectivity index (χ3v) is 10.7. The van der Waals surface area contributed by atoms with E-state index in [1.807, 2.05) is 6.08 Å². The topological polar surface area (TPSA) is 69.6 Å². The smallest absolute Gasteiger partial charge is 0.220 e. The van der Waals surface area contributed by atoms with E-state index in [4.69, 9.17) is 0 Å². The van der Waals surface area contributed by atoms with E-state index in [1.165, 1.54) is 173 Å². The number of amides is 1. The maximum Gasteiger partial charge on any atom is 0.220 e. The number of aliphatic hydroxyl groups is 2. The lowest BCUT2D eigenvalue weighted by atomic mass is 10.1. The lowest BCUT2D eigenvalue weighted by Crippen LogP contribution is -2.45. The molecule has 2 atom stereocenters. The van der Waals surface area contributed by atoms with Gasteiger partial charge in [0.15, 0.2) is 0 Å². The van der Waals surface area contributed by atoms with Crippen molar-refractivity contribution >= 4 is 5.91 Å². The van der Waals surface area contributed by atoms with Crippen molar-refractivity contribution in [1.82, 2.24) is 5.32 Å². The van der Waals surface area contributed by atoms with Crippen LogP contribution in [0.15, 0.2) is 60.8 Å². The monoisotopic (exact) mass is 768 g/mol. The van der Waals surface area contributed by atoms with Gasteiger partial charge in [0.05, 0.1) is 18.8 Å². The van der Waals surface area contributed by atoms with Crippen molar-refractivity contribution in [2.45, 2.75) is 251 Å². The second-order valence-electron chi connectivity index (χ2n) is 16.2. The molecule has 0 spiro atoms. The molecule has 4 nitrogen and oxygen atoms in total. The van der Waals surface area contributed by atoms with E-state index in [-0.39, 0.29) is 12.5 Å².